The normalized spacial score (nSPS) is 15.7. The lowest BCUT2D eigenvalue weighted by Crippen LogP contribution is -2.34. The molecule has 2 N–H and O–H groups in total. The molecule has 21 heavy (non-hydrogen) atoms. The number of halogens is 1. The van der Waals surface area contributed by atoms with E-state index in [0.717, 1.165) is 17.7 Å². The predicted molar refractivity (Wildman–Crippen MR) is 82.6 cm³/mol. The number of carbonyl (C=O) groups excluding carboxylic acids is 1. The molecule has 0 unspecified atom stereocenters. The van der Waals surface area contributed by atoms with Gasteiger partial charge in [0.1, 0.15) is 5.69 Å². The number of benzene rings is 1. The molecule has 4 nitrogen and oxygen atoms in total. The molecule has 0 aliphatic heterocycles. The average molecular weight is 304 g/mol. The molecular formula is C16H18ClN3O. The number of carbonyl (C=O) groups is 1. The van der Waals surface area contributed by atoms with Crippen LogP contribution in [0.2, 0.25) is 5.02 Å². The van der Waals surface area contributed by atoms with Gasteiger partial charge in [-0.3, -0.25) is 9.89 Å². The molecule has 1 atom stereocenters. The molecule has 0 radical (unpaired) electrons. The van der Waals surface area contributed by atoms with Crippen molar-refractivity contribution in [1.29, 1.82) is 0 Å². The largest absolute Gasteiger partial charge is 0.348 e. The van der Waals surface area contributed by atoms with Crippen LogP contribution in [0.4, 0.5) is 0 Å². The Morgan fingerprint density at radius 1 is 1.48 bits per heavy atom. The summed E-state index contributed by atoms with van der Waals surface area (Å²) >= 11 is 5.97. The van der Waals surface area contributed by atoms with Crippen molar-refractivity contribution in [3.05, 3.63) is 52.3 Å². The first-order valence-electron chi connectivity index (χ1n) is 7.22. The van der Waals surface area contributed by atoms with Crippen LogP contribution in [0.15, 0.2) is 30.3 Å². The van der Waals surface area contributed by atoms with Crippen LogP contribution in [0.1, 0.15) is 47.4 Å². The Bertz CT molecular complexity index is 648. The van der Waals surface area contributed by atoms with Crippen molar-refractivity contribution in [3.63, 3.8) is 0 Å². The van der Waals surface area contributed by atoms with Gasteiger partial charge < -0.3 is 5.32 Å². The molecule has 1 saturated carbocycles. The van der Waals surface area contributed by atoms with Crippen molar-refractivity contribution in [2.24, 2.45) is 0 Å². The van der Waals surface area contributed by atoms with Gasteiger partial charge in [-0.15, -0.1) is 0 Å². The highest BCUT2D eigenvalue weighted by Crippen LogP contribution is 2.38. The van der Waals surface area contributed by atoms with Crippen LogP contribution in [0.5, 0.6) is 0 Å². The Morgan fingerprint density at radius 3 is 3.00 bits per heavy atom. The summed E-state index contributed by atoms with van der Waals surface area (Å²) in [4.78, 5) is 12.1. The fourth-order valence-corrected chi connectivity index (χ4v) is 2.64. The lowest BCUT2D eigenvalue weighted by molar-refractivity contribution is 0.0935. The standard InChI is InChI=1S/C16H18ClN3O/c1-10(7-11-3-2-4-13(17)8-11)18-16(21)15-9-14(19-20-15)12-5-6-12/h2-4,8-10,12H,5-7H2,1H3,(H,18,21)(H,19,20)/t10-/m1/s1. The van der Waals surface area contributed by atoms with Gasteiger partial charge in [-0.25, -0.2) is 0 Å². The maximum absolute atomic E-state index is 12.1. The number of hydrogen-bond acceptors (Lipinski definition) is 2. The minimum absolute atomic E-state index is 0.0250. The zero-order valence-corrected chi connectivity index (χ0v) is 12.7. The first kappa shape index (κ1) is 14.1. The van der Waals surface area contributed by atoms with Crippen LogP contribution in [0, 0.1) is 0 Å². The zero-order chi connectivity index (χ0) is 14.8. The van der Waals surface area contributed by atoms with Gasteiger partial charge in [0.05, 0.1) is 0 Å². The number of H-pyrrole nitrogens is 1. The van der Waals surface area contributed by atoms with Gasteiger partial charge in [0, 0.05) is 22.7 Å². The van der Waals surface area contributed by atoms with E-state index in [1.807, 2.05) is 37.3 Å². The lowest BCUT2D eigenvalue weighted by Gasteiger charge is -2.13. The topological polar surface area (TPSA) is 57.8 Å². The van der Waals surface area contributed by atoms with Gasteiger partial charge >= 0.3 is 0 Å². The van der Waals surface area contributed by atoms with Crippen molar-refractivity contribution in [3.8, 4) is 0 Å². The Balaban J connectivity index is 1.58. The van der Waals surface area contributed by atoms with Gasteiger partial charge in [-0.05, 0) is 49.9 Å². The van der Waals surface area contributed by atoms with Crippen LogP contribution in [0.3, 0.4) is 0 Å². The second kappa shape index (κ2) is 5.90. The van der Waals surface area contributed by atoms with Crippen LogP contribution < -0.4 is 5.32 Å². The fraction of sp³-hybridized carbons (Fsp3) is 0.375. The molecule has 0 saturated heterocycles. The molecule has 2 aromatic rings. The molecule has 1 fully saturated rings. The third-order valence-corrected chi connectivity index (χ3v) is 3.89. The average Bonchev–Trinajstić information content (AvgIpc) is 3.16. The number of amides is 1. The summed E-state index contributed by atoms with van der Waals surface area (Å²) in [6.07, 6.45) is 3.12. The zero-order valence-electron chi connectivity index (χ0n) is 11.9. The number of hydrogen-bond donors (Lipinski definition) is 2. The Morgan fingerprint density at radius 2 is 2.29 bits per heavy atom. The van der Waals surface area contributed by atoms with E-state index >= 15 is 0 Å². The molecular weight excluding hydrogens is 286 g/mol. The van der Waals surface area contributed by atoms with E-state index in [9.17, 15) is 4.79 Å². The number of nitrogens with one attached hydrogen (secondary N) is 2. The van der Waals surface area contributed by atoms with Gasteiger partial charge in [-0.1, -0.05) is 23.7 Å². The Labute approximate surface area is 128 Å². The maximum atomic E-state index is 12.1. The number of nitrogens with zero attached hydrogens (tertiary/aromatic N) is 1. The molecule has 1 aliphatic carbocycles. The van der Waals surface area contributed by atoms with Crippen molar-refractivity contribution in [2.75, 3.05) is 0 Å². The summed E-state index contributed by atoms with van der Waals surface area (Å²) in [5.74, 6) is 0.440. The molecule has 1 aromatic carbocycles. The summed E-state index contributed by atoms with van der Waals surface area (Å²) in [6, 6.07) is 9.58. The van der Waals surface area contributed by atoms with E-state index in [0.29, 0.717) is 16.6 Å². The smallest absolute Gasteiger partial charge is 0.271 e. The quantitative estimate of drug-likeness (QED) is 0.890. The highest BCUT2D eigenvalue weighted by Gasteiger charge is 2.26. The SMILES string of the molecule is C[C@H](Cc1cccc(Cl)c1)NC(=O)c1cc(C2CC2)[nH]n1. The van der Waals surface area contributed by atoms with Crippen molar-refractivity contribution >= 4 is 17.5 Å². The van der Waals surface area contributed by atoms with Crippen LogP contribution in [-0.2, 0) is 6.42 Å². The summed E-state index contributed by atoms with van der Waals surface area (Å²) in [5, 5.41) is 10.7. The molecule has 1 aliphatic rings. The molecule has 1 amide bonds. The number of aromatic amines is 1. The lowest BCUT2D eigenvalue weighted by atomic mass is 10.1. The summed E-state index contributed by atoms with van der Waals surface area (Å²) < 4.78 is 0. The first-order valence-corrected chi connectivity index (χ1v) is 7.60. The van der Waals surface area contributed by atoms with Crippen molar-refractivity contribution in [2.45, 2.75) is 38.1 Å². The van der Waals surface area contributed by atoms with Crippen molar-refractivity contribution < 1.29 is 4.79 Å². The monoisotopic (exact) mass is 303 g/mol. The molecule has 3 rings (SSSR count). The molecule has 0 bridgehead atoms. The van der Waals surface area contributed by atoms with Crippen LogP contribution in [0.25, 0.3) is 0 Å². The van der Waals surface area contributed by atoms with E-state index < -0.39 is 0 Å². The van der Waals surface area contributed by atoms with E-state index in [-0.39, 0.29) is 11.9 Å². The van der Waals surface area contributed by atoms with Gasteiger partial charge in [0.2, 0.25) is 0 Å². The Hall–Kier alpha value is -1.81. The van der Waals surface area contributed by atoms with Crippen LogP contribution in [-0.4, -0.2) is 22.1 Å². The summed E-state index contributed by atoms with van der Waals surface area (Å²) in [7, 11) is 0. The third kappa shape index (κ3) is 3.64. The minimum atomic E-state index is -0.132. The highest BCUT2D eigenvalue weighted by molar-refractivity contribution is 6.30. The third-order valence-electron chi connectivity index (χ3n) is 3.66. The second-order valence-corrected chi connectivity index (χ2v) is 6.13. The van der Waals surface area contributed by atoms with E-state index in [2.05, 4.69) is 15.5 Å². The molecule has 0 spiro atoms. The molecule has 5 heteroatoms. The number of rotatable bonds is 5. The van der Waals surface area contributed by atoms with Gasteiger partial charge in [0.25, 0.3) is 5.91 Å². The van der Waals surface area contributed by atoms with E-state index in [1.54, 1.807) is 0 Å². The molecule has 1 heterocycles. The number of aromatic nitrogens is 2. The molecule has 110 valence electrons. The van der Waals surface area contributed by atoms with Gasteiger partial charge in [-0.2, -0.15) is 5.10 Å². The van der Waals surface area contributed by atoms with Crippen molar-refractivity contribution in [1.82, 2.24) is 15.5 Å². The highest BCUT2D eigenvalue weighted by atomic mass is 35.5. The first-order chi connectivity index (χ1) is 10.1. The summed E-state index contributed by atoms with van der Waals surface area (Å²) in [6.45, 7) is 1.98. The molecule has 1 aromatic heterocycles. The van der Waals surface area contributed by atoms with Gasteiger partial charge in [0.15, 0.2) is 0 Å². The fourth-order valence-electron chi connectivity index (χ4n) is 2.42. The predicted octanol–water partition coefficient (Wildman–Crippen LogP) is 3.30. The minimum Gasteiger partial charge on any atom is -0.348 e. The maximum Gasteiger partial charge on any atom is 0.271 e. The van der Waals surface area contributed by atoms with Crippen LogP contribution >= 0.6 is 11.6 Å². The van der Waals surface area contributed by atoms with E-state index in [1.165, 1.54) is 12.8 Å². The Kier molecular flexibility index (Phi) is 3.97. The van der Waals surface area contributed by atoms with E-state index in [4.69, 9.17) is 11.6 Å². The second-order valence-electron chi connectivity index (χ2n) is 5.69. The summed E-state index contributed by atoms with van der Waals surface area (Å²) in [5.41, 5.74) is 2.65.